The van der Waals surface area contributed by atoms with Gasteiger partial charge in [0.2, 0.25) is 0 Å². The zero-order valence-electron chi connectivity index (χ0n) is 19.8. The minimum Gasteiger partial charge on any atom is -0.493 e. The lowest BCUT2D eigenvalue weighted by atomic mass is 10.1. The first-order valence-electron chi connectivity index (χ1n) is 10.6. The maximum atomic E-state index is 13.4. The number of carbonyl (C=O) groups excluding carboxylic acids is 1. The molecule has 10 heteroatoms. The van der Waals surface area contributed by atoms with Crippen LogP contribution in [0.15, 0.2) is 76.7 Å². The lowest BCUT2D eigenvalue weighted by molar-refractivity contribution is -0.119. The second-order valence-corrected chi connectivity index (χ2v) is 9.86. The normalized spacial score (nSPS) is 11.6. The SMILES string of the molecule is COc1ccc(/C(C)=N\NC(=O)CN(c2ccc(Cl)cc2C)S(=O)(=O)c2ccccc2)cc1OC. The third-order valence-corrected chi connectivity index (χ3v) is 7.20. The van der Waals surface area contributed by atoms with Gasteiger partial charge in [-0.2, -0.15) is 5.10 Å². The third kappa shape index (κ3) is 6.12. The summed E-state index contributed by atoms with van der Waals surface area (Å²) in [4.78, 5) is 12.9. The number of rotatable bonds is 9. The average Bonchev–Trinajstić information content (AvgIpc) is 2.86. The Morgan fingerprint density at radius 2 is 1.69 bits per heavy atom. The molecule has 3 rings (SSSR count). The summed E-state index contributed by atoms with van der Waals surface area (Å²) in [5, 5.41) is 4.60. The Hall–Kier alpha value is -3.56. The summed E-state index contributed by atoms with van der Waals surface area (Å²) >= 11 is 6.06. The number of sulfonamides is 1. The molecular formula is C25H26ClN3O5S. The van der Waals surface area contributed by atoms with Gasteiger partial charge in [0.15, 0.2) is 11.5 Å². The number of nitrogens with one attached hydrogen (secondary N) is 1. The molecule has 0 fully saturated rings. The van der Waals surface area contributed by atoms with E-state index in [-0.39, 0.29) is 4.90 Å². The number of aryl methyl sites for hydroxylation is 1. The number of anilines is 1. The van der Waals surface area contributed by atoms with E-state index in [0.29, 0.717) is 39.0 Å². The molecule has 1 N–H and O–H groups in total. The van der Waals surface area contributed by atoms with Gasteiger partial charge < -0.3 is 9.47 Å². The molecule has 1 amide bonds. The Kier molecular flexibility index (Phi) is 8.37. The Bertz CT molecular complexity index is 1340. The summed E-state index contributed by atoms with van der Waals surface area (Å²) in [6.45, 7) is 2.96. The summed E-state index contributed by atoms with van der Waals surface area (Å²) < 4.78 is 38.5. The number of hydrogen-bond acceptors (Lipinski definition) is 6. The molecule has 0 unspecified atom stereocenters. The molecule has 0 spiro atoms. The number of halogens is 1. The third-order valence-electron chi connectivity index (χ3n) is 5.20. The summed E-state index contributed by atoms with van der Waals surface area (Å²) in [6, 6.07) is 17.9. The Morgan fingerprint density at radius 1 is 1.00 bits per heavy atom. The predicted molar refractivity (Wildman–Crippen MR) is 137 cm³/mol. The van der Waals surface area contributed by atoms with Crippen LogP contribution in [0, 0.1) is 6.92 Å². The van der Waals surface area contributed by atoms with Gasteiger partial charge in [-0.15, -0.1) is 0 Å². The number of carbonyl (C=O) groups is 1. The maximum Gasteiger partial charge on any atom is 0.264 e. The minimum atomic E-state index is -4.04. The van der Waals surface area contributed by atoms with Crippen molar-refractivity contribution >= 4 is 38.9 Å². The highest BCUT2D eigenvalue weighted by atomic mass is 35.5. The standard InChI is InChI=1S/C25H26ClN3O5S/c1-17-14-20(26)11-12-22(17)29(35(31,32)21-8-6-5-7-9-21)16-25(30)28-27-18(2)19-10-13-23(33-3)24(15-19)34-4/h5-15H,16H2,1-4H3,(H,28,30)/b27-18-. The fourth-order valence-corrected chi connectivity index (χ4v) is 5.09. The van der Waals surface area contributed by atoms with Gasteiger partial charge in [0.05, 0.1) is 30.5 Å². The van der Waals surface area contributed by atoms with Gasteiger partial charge in [0, 0.05) is 10.6 Å². The Balaban J connectivity index is 1.88. The van der Waals surface area contributed by atoms with Crippen LogP contribution in [-0.2, 0) is 14.8 Å². The van der Waals surface area contributed by atoms with E-state index in [9.17, 15) is 13.2 Å². The van der Waals surface area contributed by atoms with Gasteiger partial charge in [0.25, 0.3) is 15.9 Å². The molecule has 3 aromatic rings. The van der Waals surface area contributed by atoms with Gasteiger partial charge >= 0.3 is 0 Å². The van der Waals surface area contributed by atoms with Gasteiger partial charge in [-0.05, 0) is 67.9 Å². The van der Waals surface area contributed by atoms with Crippen molar-refractivity contribution in [1.82, 2.24) is 5.43 Å². The van der Waals surface area contributed by atoms with E-state index >= 15 is 0 Å². The molecule has 0 saturated heterocycles. The minimum absolute atomic E-state index is 0.0622. The van der Waals surface area contributed by atoms with Crippen LogP contribution in [0.1, 0.15) is 18.1 Å². The van der Waals surface area contributed by atoms with E-state index in [2.05, 4.69) is 10.5 Å². The van der Waals surface area contributed by atoms with Crippen molar-refractivity contribution in [3.63, 3.8) is 0 Å². The van der Waals surface area contributed by atoms with Crippen LogP contribution >= 0.6 is 11.6 Å². The summed E-state index contributed by atoms with van der Waals surface area (Å²) in [7, 11) is -0.979. The molecule has 0 aliphatic rings. The fraction of sp³-hybridized carbons (Fsp3) is 0.200. The van der Waals surface area contributed by atoms with Crippen LogP contribution < -0.4 is 19.2 Å². The number of nitrogens with zero attached hydrogens (tertiary/aromatic N) is 2. The molecule has 3 aromatic carbocycles. The van der Waals surface area contributed by atoms with Crippen molar-refractivity contribution in [2.75, 3.05) is 25.1 Å². The molecule has 0 radical (unpaired) electrons. The molecule has 8 nitrogen and oxygen atoms in total. The van der Waals surface area contributed by atoms with Crippen molar-refractivity contribution in [2.24, 2.45) is 5.10 Å². The monoisotopic (exact) mass is 515 g/mol. The number of hydrazone groups is 1. The first kappa shape index (κ1) is 26.1. The summed E-state index contributed by atoms with van der Waals surface area (Å²) in [6.07, 6.45) is 0. The topological polar surface area (TPSA) is 97.3 Å². The average molecular weight is 516 g/mol. The maximum absolute atomic E-state index is 13.4. The number of hydrogen-bond donors (Lipinski definition) is 1. The summed E-state index contributed by atoms with van der Waals surface area (Å²) in [5.74, 6) is 0.469. The number of amides is 1. The van der Waals surface area contributed by atoms with Crippen molar-refractivity contribution in [3.8, 4) is 11.5 Å². The van der Waals surface area contributed by atoms with Crippen LogP contribution in [0.25, 0.3) is 0 Å². The number of methoxy groups -OCH3 is 2. The molecule has 0 aromatic heterocycles. The largest absolute Gasteiger partial charge is 0.493 e. The van der Waals surface area contributed by atoms with Crippen LogP contribution in [0.5, 0.6) is 11.5 Å². The highest BCUT2D eigenvalue weighted by molar-refractivity contribution is 7.92. The molecule has 0 atom stereocenters. The van der Waals surface area contributed by atoms with E-state index in [1.807, 2.05) is 0 Å². The second-order valence-electron chi connectivity index (χ2n) is 7.56. The highest BCUT2D eigenvalue weighted by Gasteiger charge is 2.28. The Labute approximate surface area is 210 Å². The van der Waals surface area contributed by atoms with Crippen molar-refractivity contribution in [3.05, 3.63) is 82.9 Å². The molecule has 184 valence electrons. The van der Waals surface area contributed by atoms with Crippen molar-refractivity contribution < 1.29 is 22.7 Å². The van der Waals surface area contributed by atoms with Crippen LogP contribution in [0.2, 0.25) is 5.02 Å². The molecule has 0 heterocycles. The van der Waals surface area contributed by atoms with Crippen LogP contribution in [-0.4, -0.2) is 40.8 Å². The number of benzene rings is 3. The molecule has 35 heavy (non-hydrogen) atoms. The van der Waals surface area contributed by atoms with E-state index in [1.54, 1.807) is 68.4 Å². The lowest BCUT2D eigenvalue weighted by Crippen LogP contribution is -2.40. The lowest BCUT2D eigenvalue weighted by Gasteiger charge is -2.25. The number of ether oxygens (including phenoxy) is 2. The first-order valence-corrected chi connectivity index (χ1v) is 12.4. The zero-order chi connectivity index (χ0) is 25.6. The van der Waals surface area contributed by atoms with Crippen LogP contribution in [0.3, 0.4) is 0 Å². The predicted octanol–water partition coefficient (Wildman–Crippen LogP) is 4.40. The fourth-order valence-electron chi connectivity index (χ4n) is 3.36. The first-order chi connectivity index (χ1) is 16.7. The molecule has 0 aliphatic heterocycles. The van der Waals surface area contributed by atoms with Crippen molar-refractivity contribution in [2.45, 2.75) is 18.7 Å². The Morgan fingerprint density at radius 3 is 2.31 bits per heavy atom. The van der Waals surface area contributed by atoms with E-state index in [1.165, 1.54) is 26.4 Å². The van der Waals surface area contributed by atoms with E-state index < -0.39 is 22.5 Å². The second kappa shape index (κ2) is 11.2. The van der Waals surface area contributed by atoms with Gasteiger partial charge in [-0.3, -0.25) is 9.10 Å². The molecule has 0 bridgehead atoms. The molecule has 0 aliphatic carbocycles. The summed E-state index contributed by atoms with van der Waals surface area (Å²) in [5.41, 5.74) is 4.59. The smallest absolute Gasteiger partial charge is 0.264 e. The van der Waals surface area contributed by atoms with Gasteiger partial charge in [0.1, 0.15) is 6.54 Å². The van der Waals surface area contributed by atoms with Gasteiger partial charge in [-0.1, -0.05) is 29.8 Å². The zero-order valence-corrected chi connectivity index (χ0v) is 21.4. The highest BCUT2D eigenvalue weighted by Crippen LogP contribution is 2.29. The molecular weight excluding hydrogens is 490 g/mol. The quantitative estimate of drug-likeness (QED) is 0.336. The van der Waals surface area contributed by atoms with Gasteiger partial charge in [-0.25, -0.2) is 13.8 Å². The van der Waals surface area contributed by atoms with Crippen molar-refractivity contribution in [1.29, 1.82) is 0 Å². The van der Waals surface area contributed by atoms with E-state index in [0.717, 1.165) is 4.31 Å². The molecule has 0 saturated carbocycles. The van der Waals surface area contributed by atoms with E-state index in [4.69, 9.17) is 21.1 Å². The van der Waals surface area contributed by atoms with Crippen LogP contribution in [0.4, 0.5) is 5.69 Å².